The summed E-state index contributed by atoms with van der Waals surface area (Å²) >= 11 is 3.23. The first kappa shape index (κ1) is 8.74. The fourth-order valence-corrected chi connectivity index (χ4v) is 2.75. The van der Waals surface area contributed by atoms with Gasteiger partial charge in [0.1, 0.15) is 0 Å². The molecule has 0 spiro atoms. The van der Waals surface area contributed by atoms with Gasteiger partial charge in [-0.3, -0.25) is 0 Å². The van der Waals surface area contributed by atoms with E-state index in [1.54, 1.807) is 18.2 Å². The lowest BCUT2D eigenvalue weighted by Crippen LogP contribution is -1.94. The number of halogens is 1. The lowest BCUT2D eigenvalue weighted by molar-refractivity contribution is 0.678. The van der Waals surface area contributed by atoms with Crippen LogP contribution in [-0.2, 0) is 9.73 Å². The second-order valence-corrected chi connectivity index (χ2v) is 5.26. The van der Waals surface area contributed by atoms with Crippen molar-refractivity contribution in [2.75, 3.05) is 6.26 Å². The van der Waals surface area contributed by atoms with Gasteiger partial charge in [-0.1, -0.05) is 12.1 Å². The van der Waals surface area contributed by atoms with E-state index in [-0.39, 0.29) is 0 Å². The Hall–Kier alpha value is -0.350. The first-order valence-corrected chi connectivity index (χ1v) is 5.76. The molecule has 2 nitrogen and oxygen atoms in total. The molecule has 1 aromatic carbocycles. The van der Waals surface area contributed by atoms with Gasteiger partial charge >= 0.3 is 0 Å². The van der Waals surface area contributed by atoms with Gasteiger partial charge in [-0.25, -0.2) is 8.99 Å². The predicted octanol–water partition coefficient (Wildman–Crippen LogP) is 2.48. The van der Waals surface area contributed by atoms with Crippen LogP contribution in [0, 0.1) is 4.78 Å². The molecule has 0 saturated heterocycles. The maximum Gasteiger partial charge on any atom is 0.0708 e. The van der Waals surface area contributed by atoms with Gasteiger partial charge in [-0.05, 0) is 28.1 Å². The molecule has 0 aliphatic heterocycles. The summed E-state index contributed by atoms with van der Waals surface area (Å²) in [4.78, 5) is 0.556. The van der Waals surface area contributed by atoms with Crippen molar-refractivity contribution in [3.05, 3.63) is 28.7 Å². The highest BCUT2D eigenvalue weighted by molar-refractivity contribution is 9.10. The van der Waals surface area contributed by atoms with Gasteiger partial charge < -0.3 is 0 Å². The molecule has 0 aromatic heterocycles. The molecule has 1 N–H and O–H groups in total. The molecule has 0 bridgehead atoms. The molecule has 4 heteroatoms. The summed E-state index contributed by atoms with van der Waals surface area (Å²) in [5, 5.41) is 0. The van der Waals surface area contributed by atoms with Crippen LogP contribution in [0.4, 0.5) is 0 Å². The Morgan fingerprint density at radius 3 is 2.36 bits per heavy atom. The van der Waals surface area contributed by atoms with Crippen LogP contribution >= 0.6 is 15.9 Å². The van der Waals surface area contributed by atoms with Gasteiger partial charge in [0.25, 0.3) is 0 Å². The first-order chi connectivity index (χ1) is 5.02. The zero-order valence-corrected chi connectivity index (χ0v) is 8.41. The third kappa shape index (κ3) is 2.04. The summed E-state index contributed by atoms with van der Waals surface area (Å²) in [7, 11) is -2.58. The largest absolute Gasteiger partial charge is 0.249 e. The van der Waals surface area contributed by atoms with Crippen molar-refractivity contribution in [3.63, 3.8) is 0 Å². The molecule has 0 heterocycles. The molecule has 0 amide bonds. The highest BCUT2D eigenvalue weighted by Crippen LogP contribution is 2.20. The predicted molar refractivity (Wildman–Crippen MR) is 49.2 cm³/mol. The van der Waals surface area contributed by atoms with Crippen LogP contribution in [0.1, 0.15) is 0 Å². The highest BCUT2D eigenvalue weighted by Gasteiger charge is 2.05. The minimum Gasteiger partial charge on any atom is -0.249 e. The Morgan fingerprint density at radius 2 is 2.00 bits per heavy atom. The zero-order chi connectivity index (χ0) is 8.48. The van der Waals surface area contributed by atoms with Gasteiger partial charge in [0, 0.05) is 10.7 Å². The maximum atomic E-state index is 11.2. The number of hydrogen-bond acceptors (Lipinski definition) is 2. The molecule has 11 heavy (non-hydrogen) atoms. The number of hydrogen-bond donors (Lipinski definition) is 1. The molecular formula is C7H8BrNOS. The van der Waals surface area contributed by atoms with Crippen LogP contribution in [0.3, 0.4) is 0 Å². The van der Waals surface area contributed by atoms with E-state index in [1.807, 2.05) is 6.07 Å². The summed E-state index contributed by atoms with van der Waals surface area (Å²) in [6.45, 7) is 0. The van der Waals surface area contributed by atoms with Gasteiger partial charge in [0.05, 0.1) is 14.6 Å². The molecule has 60 valence electrons. The number of nitrogens with one attached hydrogen (secondary N) is 1. The van der Waals surface area contributed by atoms with Crippen LogP contribution in [0.15, 0.2) is 33.6 Å². The molecule has 0 saturated carbocycles. The Bertz CT molecular complexity index is 358. The lowest BCUT2D eigenvalue weighted by atomic mass is 10.4. The zero-order valence-electron chi connectivity index (χ0n) is 6.00. The molecule has 1 rings (SSSR count). The first-order valence-electron chi connectivity index (χ1n) is 3.00. The molecule has 0 aliphatic rings. The molecule has 0 aliphatic carbocycles. The van der Waals surface area contributed by atoms with Crippen molar-refractivity contribution < 1.29 is 4.21 Å². The third-order valence-corrected chi connectivity index (χ3v) is 3.41. The second kappa shape index (κ2) is 2.95. The van der Waals surface area contributed by atoms with E-state index in [2.05, 4.69) is 15.9 Å². The van der Waals surface area contributed by atoms with E-state index in [9.17, 15) is 4.21 Å². The summed E-state index contributed by atoms with van der Waals surface area (Å²) in [6, 6.07) is 7.09. The molecule has 1 aromatic rings. The average Bonchev–Trinajstić information content (AvgIpc) is 1.86. The molecule has 0 fully saturated rings. The molecule has 1 atom stereocenters. The van der Waals surface area contributed by atoms with Crippen molar-refractivity contribution in [1.82, 2.24) is 0 Å². The Kier molecular flexibility index (Phi) is 2.34. The Labute approximate surface area is 74.7 Å². The van der Waals surface area contributed by atoms with Gasteiger partial charge in [0.15, 0.2) is 0 Å². The van der Waals surface area contributed by atoms with E-state index >= 15 is 0 Å². The minimum absolute atomic E-state index is 0.556. The van der Waals surface area contributed by atoms with E-state index in [0.29, 0.717) is 4.90 Å². The quantitative estimate of drug-likeness (QED) is 0.796. The molecular weight excluding hydrogens is 226 g/mol. The lowest BCUT2D eigenvalue weighted by Gasteiger charge is -2.01. The Morgan fingerprint density at radius 1 is 1.45 bits per heavy atom. The highest BCUT2D eigenvalue weighted by atomic mass is 79.9. The van der Waals surface area contributed by atoms with E-state index in [4.69, 9.17) is 4.78 Å². The van der Waals surface area contributed by atoms with Gasteiger partial charge in [-0.15, -0.1) is 0 Å². The van der Waals surface area contributed by atoms with Crippen molar-refractivity contribution in [2.24, 2.45) is 0 Å². The van der Waals surface area contributed by atoms with Crippen molar-refractivity contribution >= 4 is 25.7 Å². The SMILES string of the molecule is C[S@](=N)(=O)c1ccccc1Br. The summed E-state index contributed by atoms with van der Waals surface area (Å²) in [6.07, 6.45) is 1.41. The van der Waals surface area contributed by atoms with E-state index < -0.39 is 9.73 Å². The smallest absolute Gasteiger partial charge is 0.0708 e. The van der Waals surface area contributed by atoms with E-state index in [1.165, 1.54) is 6.26 Å². The average molecular weight is 234 g/mol. The van der Waals surface area contributed by atoms with Crippen LogP contribution in [0.25, 0.3) is 0 Å². The summed E-state index contributed by atoms with van der Waals surface area (Å²) in [5.74, 6) is 0. The molecule has 0 unspecified atom stereocenters. The van der Waals surface area contributed by atoms with Crippen LogP contribution in [0.5, 0.6) is 0 Å². The summed E-state index contributed by atoms with van der Waals surface area (Å²) in [5.41, 5.74) is 0. The Balaban J connectivity index is 3.37. The monoisotopic (exact) mass is 233 g/mol. The number of rotatable bonds is 1. The minimum atomic E-state index is -2.58. The van der Waals surface area contributed by atoms with Crippen molar-refractivity contribution in [1.29, 1.82) is 4.78 Å². The maximum absolute atomic E-state index is 11.2. The van der Waals surface area contributed by atoms with E-state index in [0.717, 1.165) is 4.47 Å². The molecule has 0 radical (unpaired) electrons. The fraction of sp³-hybridized carbons (Fsp3) is 0.143. The topological polar surface area (TPSA) is 40.9 Å². The van der Waals surface area contributed by atoms with Crippen LogP contribution < -0.4 is 0 Å². The standard InChI is InChI=1S/C7H8BrNOS/c1-11(9,10)7-5-3-2-4-6(7)8/h2-5,9H,1H3/t11-/m0/s1. The third-order valence-electron chi connectivity index (χ3n) is 1.26. The normalized spacial score (nSPS) is 15.8. The van der Waals surface area contributed by atoms with Crippen LogP contribution in [-0.4, -0.2) is 10.5 Å². The second-order valence-electron chi connectivity index (χ2n) is 2.27. The van der Waals surface area contributed by atoms with Crippen LogP contribution in [0.2, 0.25) is 0 Å². The fourth-order valence-electron chi connectivity index (χ4n) is 0.761. The van der Waals surface area contributed by atoms with Gasteiger partial charge in [-0.2, -0.15) is 0 Å². The van der Waals surface area contributed by atoms with Crippen molar-refractivity contribution in [2.45, 2.75) is 4.90 Å². The van der Waals surface area contributed by atoms with Gasteiger partial charge in [0.2, 0.25) is 0 Å². The van der Waals surface area contributed by atoms with Crippen molar-refractivity contribution in [3.8, 4) is 0 Å². The number of benzene rings is 1. The summed E-state index contributed by atoms with van der Waals surface area (Å²) < 4.78 is 19.3.